The molecule has 0 amide bonds. The summed E-state index contributed by atoms with van der Waals surface area (Å²) in [5.41, 5.74) is 3.97. The number of hydrogen-bond donors (Lipinski definition) is 0. The fraction of sp³-hybridized carbons (Fsp3) is 0.182. The van der Waals surface area contributed by atoms with Gasteiger partial charge in [-0.2, -0.15) is 15.3 Å². The number of ether oxygens (including phenoxy) is 2. The van der Waals surface area contributed by atoms with Gasteiger partial charge in [-0.05, 0) is 67.9 Å². The fourth-order valence-electron chi connectivity index (χ4n) is 2.50. The summed E-state index contributed by atoms with van der Waals surface area (Å²) in [7, 11) is 1.59. The first kappa shape index (κ1) is 19.2. The summed E-state index contributed by atoms with van der Waals surface area (Å²) in [5, 5.41) is 17.1. The highest BCUT2D eigenvalue weighted by Crippen LogP contribution is 2.33. The van der Waals surface area contributed by atoms with E-state index in [4.69, 9.17) is 9.47 Å². The Hall–Kier alpha value is -3.54. The lowest BCUT2D eigenvalue weighted by Gasteiger charge is -2.04. The highest BCUT2D eigenvalue weighted by molar-refractivity contribution is 5.59. The average molecular weight is 374 g/mol. The van der Waals surface area contributed by atoms with E-state index in [2.05, 4.69) is 20.5 Å². The van der Waals surface area contributed by atoms with Crippen LogP contribution in [0.25, 0.3) is 0 Å². The van der Waals surface area contributed by atoms with Crippen LogP contribution in [0.3, 0.4) is 0 Å². The maximum atomic E-state index is 5.42. The van der Waals surface area contributed by atoms with E-state index in [1.807, 2.05) is 74.5 Å². The van der Waals surface area contributed by atoms with Gasteiger partial charge >= 0.3 is 0 Å². The Kier molecular flexibility index (Phi) is 6.46. The summed E-state index contributed by atoms with van der Waals surface area (Å²) in [6, 6.07) is 20.7. The third kappa shape index (κ3) is 5.23. The summed E-state index contributed by atoms with van der Waals surface area (Å²) in [4.78, 5) is 0. The van der Waals surface area contributed by atoms with Crippen molar-refractivity contribution in [2.24, 2.45) is 20.5 Å². The molecule has 142 valence electrons. The maximum absolute atomic E-state index is 5.42. The molecule has 0 saturated carbocycles. The number of methoxy groups -OCH3 is 1. The van der Waals surface area contributed by atoms with Crippen LogP contribution < -0.4 is 9.47 Å². The predicted molar refractivity (Wildman–Crippen MR) is 110 cm³/mol. The molecule has 0 heterocycles. The molecule has 0 atom stereocenters. The van der Waals surface area contributed by atoms with Gasteiger partial charge < -0.3 is 9.47 Å². The second-order valence-corrected chi connectivity index (χ2v) is 6.02. The molecule has 0 radical (unpaired) electrons. The van der Waals surface area contributed by atoms with E-state index >= 15 is 0 Å². The zero-order valence-corrected chi connectivity index (χ0v) is 16.2. The molecule has 0 aliphatic carbocycles. The highest BCUT2D eigenvalue weighted by Gasteiger charge is 2.04. The normalized spacial score (nSPS) is 11.2. The van der Waals surface area contributed by atoms with E-state index in [-0.39, 0.29) is 0 Å². The monoisotopic (exact) mass is 374 g/mol. The Morgan fingerprint density at radius 2 is 1.43 bits per heavy atom. The van der Waals surface area contributed by atoms with Gasteiger partial charge in [-0.25, -0.2) is 0 Å². The molecule has 6 nitrogen and oxygen atoms in total. The maximum Gasteiger partial charge on any atom is 0.148 e. The van der Waals surface area contributed by atoms with Crippen LogP contribution in [0.15, 0.2) is 87.2 Å². The summed E-state index contributed by atoms with van der Waals surface area (Å²) in [6.07, 6.45) is 0. The van der Waals surface area contributed by atoms with Gasteiger partial charge in [0.25, 0.3) is 0 Å². The molecule has 0 spiro atoms. The molecule has 0 aliphatic heterocycles. The van der Waals surface area contributed by atoms with E-state index in [0.29, 0.717) is 23.7 Å². The van der Waals surface area contributed by atoms with Crippen molar-refractivity contribution in [3.8, 4) is 11.5 Å². The quantitative estimate of drug-likeness (QED) is 0.409. The minimum atomic E-state index is 0.579. The molecular formula is C22H22N4O2. The molecule has 3 rings (SSSR count). The molecule has 6 heteroatoms. The molecule has 0 fully saturated rings. The van der Waals surface area contributed by atoms with Crippen LogP contribution in [0.4, 0.5) is 22.7 Å². The van der Waals surface area contributed by atoms with Crippen LogP contribution >= 0.6 is 0 Å². The van der Waals surface area contributed by atoms with Crippen LogP contribution in [0.1, 0.15) is 12.5 Å². The first-order chi connectivity index (χ1) is 13.7. The second-order valence-electron chi connectivity index (χ2n) is 6.02. The zero-order valence-electron chi connectivity index (χ0n) is 16.2. The number of benzene rings is 3. The third-order valence-electron chi connectivity index (χ3n) is 3.87. The highest BCUT2D eigenvalue weighted by atomic mass is 16.5. The van der Waals surface area contributed by atoms with Gasteiger partial charge in [0.1, 0.15) is 17.2 Å². The van der Waals surface area contributed by atoms with Crippen LogP contribution in [0.2, 0.25) is 0 Å². The van der Waals surface area contributed by atoms with Crippen molar-refractivity contribution < 1.29 is 9.47 Å². The topological polar surface area (TPSA) is 67.9 Å². The van der Waals surface area contributed by atoms with Gasteiger partial charge in [-0.1, -0.05) is 12.1 Å². The Bertz CT molecular complexity index is 982. The lowest BCUT2D eigenvalue weighted by molar-refractivity contribution is 0.340. The molecule has 0 bridgehead atoms. The second kappa shape index (κ2) is 9.41. The lowest BCUT2D eigenvalue weighted by atomic mass is 10.2. The standard InChI is InChI=1S/C22H22N4O2/c1-4-28-20-11-8-17(9-12-20)23-26-21-13-10-19(15-22(21)27-3)25-24-18-7-5-6-16(2)14-18/h5-15H,4H2,1-3H3/b25-24+,26-23+. The molecule has 0 saturated heterocycles. The lowest BCUT2D eigenvalue weighted by Crippen LogP contribution is -1.89. The average Bonchev–Trinajstić information content (AvgIpc) is 2.72. The Balaban J connectivity index is 1.75. The van der Waals surface area contributed by atoms with Crippen molar-refractivity contribution in [2.75, 3.05) is 13.7 Å². The summed E-state index contributed by atoms with van der Waals surface area (Å²) < 4.78 is 10.8. The van der Waals surface area contributed by atoms with Gasteiger partial charge in [-0.3, -0.25) is 0 Å². The third-order valence-corrected chi connectivity index (χ3v) is 3.87. The van der Waals surface area contributed by atoms with E-state index in [9.17, 15) is 0 Å². The van der Waals surface area contributed by atoms with Gasteiger partial charge in [-0.15, -0.1) is 5.11 Å². The number of rotatable bonds is 7. The van der Waals surface area contributed by atoms with Crippen molar-refractivity contribution in [1.82, 2.24) is 0 Å². The minimum absolute atomic E-state index is 0.579. The summed E-state index contributed by atoms with van der Waals surface area (Å²) in [5.74, 6) is 1.39. The van der Waals surface area contributed by atoms with E-state index < -0.39 is 0 Å². The summed E-state index contributed by atoms with van der Waals surface area (Å²) in [6.45, 7) is 4.60. The van der Waals surface area contributed by atoms with Crippen molar-refractivity contribution >= 4 is 22.7 Å². The smallest absolute Gasteiger partial charge is 0.148 e. The van der Waals surface area contributed by atoms with Gasteiger partial charge in [0.15, 0.2) is 0 Å². The molecule has 0 N–H and O–H groups in total. The van der Waals surface area contributed by atoms with Crippen molar-refractivity contribution in [3.05, 3.63) is 72.3 Å². The van der Waals surface area contributed by atoms with Crippen LogP contribution in [0, 0.1) is 6.92 Å². The van der Waals surface area contributed by atoms with Gasteiger partial charge in [0.05, 0.1) is 30.8 Å². The molecule has 0 unspecified atom stereocenters. The number of azo groups is 2. The number of nitrogens with zero attached hydrogens (tertiary/aromatic N) is 4. The number of aryl methyl sites for hydroxylation is 1. The zero-order chi connectivity index (χ0) is 19.8. The molecule has 0 aliphatic rings. The SMILES string of the molecule is CCOc1ccc(/N=N/c2ccc(/N=N/c3cccc(C)c3)cc2OC)cc1. The Labute approximate surface area is 164 Å². The van der Waals surface area contributed by atoms with Crippen LogP contribution in [0.5, 0.6) is 11.5 Å². The molecule has 28 heavy (non-hydrogen) atoms. The van der Waals surface area contributed by atoms with Crippen LogP contribution in [-0.4, -0.2) is 13.7 Å². The molecule has 3 aromatic carbocycles. The minimum Gasteiger partial charge on any atom is -0.494 e. The van der Waals surface area contributed by atoms with E-state index in [1.165, 1.54) is 0 Å². The van der Waals surface area contributed by atoms with Gasteiger partial charge in [0.2, 0.25) is 0 Å². The first-order valence-electron chi connectivity index (χ1n) is 8.99. The Morgan fingerprint density at radius 1 is 0.750 bits per heavy atom. The fourth-order valence-corrected chi connectivity index (χ4v) is 2.50. The predicted octanol–water partition coefficient (Wildman–Crippen LogP) is 7.23. The molecule has 3 aromatic rings. The van der Waals surface area contributed by atoms with E-state index in [1.54, 1.807) is 13.2 Å². The largest absolute Gasteiger partial charge is 0.494 e. The van der Waals surface area contributed by atoms with Crippen LogP contribution in [-0.2, 0) is 0 Å². The van der Waals surface area contributed by atoms with Crippen molar-refractivity contribution in [2.45, 2.75) is 13.8 Å². The molecular weight excluding hydrogens is 352 g/mol. The van der Waals surface area contributed by atoms with E-state index in [0.717, 1.165) is 22.7 Å². The van der Waals surface area contributed by atoms with Crippen molar-refractivity contribution in [3.63, 3.8) is 0 Å². The van der Waals surface area contributed by atoms with Crippen molar-refractivity contribution in [1.29, 1.82) is 0 Å². The number of hydrogen-bond acceptors (Lipinski definition) is 6. The summed E-state index contributed by atoms with van der Waals surface area (Å²) >= 11 is 0. The first-order valence-corrected chi connectivity index (χ1v) is 8.99. The molecule has 0 aromatic heterocycles. The Morgan fingerprint density at radius 3 is 2.11 bits per heavy atom. The van der Waals surface area contributed by atoms with Gasteiger partial charge in [0, 0.05) is 6.07 Å².